The Morgan fingerprint density at radius 3 is 2.60 bits per heavy atom. The molecular formula is C15H19N3O2. The molecule has 5 nitrogen and oxygen atoms in total. The second kappa shape index (κ2) is 5.69. The SMILES string of the molecule is CN(Cc1ccco1)C(=O)c1cc(N)ccc1N(C)C. The molecule has 0 saturated carbocycles. The first-order valence-electron chi connectivity index (χ1n) is 6.33. The van der Waals surface area contributed by atoms with Crippen LogP contribution in [0.3, 0.4) is 0 Å². The number of hydrogen-bond acceptors (Lipinski definition) is 4. The summed E-state index contributed by atoms with van der Waals surface area (Å²) in [7, 11) is 5.54. The zero-order valence-electron chi connectivity index (χ0n) is 12.0. The van der Waals surface area contributed by atoms with Crippen LogP contribution in [0.1, 0.15) is 16.1 Å². The maximum absolute atomic E-state index is 12.6. The third-order valence-electron chi connectivity index (χ3n) is 3.05. The maximum Gasteiger partial charge on any atom is 0.256 e. The molecule has 1 amide bonds. The fraction of sp³-hybridized carbons (Fsp3) is 0.267. The molecular weight excluding hydrogens is 254 g/mol. The van der Waals surface area contributed by atoms with Crippen molar-refractivity contribution in [2.45, 2.75) is 6.54 Å². The number of hydrogen-bond donors (Lipinski definition) is 1. The van der Waals surface area contributed by atoms with Gasteiger partial charge in [-0.2, -0.15) is 0 Å². The van der Waals surface area contributed by atoms with Crippen LogP contribution < -0.4 is 10.6 Å². The van der Waals surface area contributed by atoms with Gasteiger partial charge in [-0.3, -0.25) is 4.79 Å². The fourth-order valence-electron chi connectivity index (χ4n) is 2.03. The van der Waals surface area contributed by atoms with Crippen molar-refractivity contribution in [3.8, 4) is 0 Å². The third-order valence-corrected chi connectivity index (χ3v) is 3.05. The van der Waals surface area contributed by atoms with Gasteiger partial charge in [0.05, 0.1) is 18.4 Å². The van der Waals surface area contributed by atoms with Crippen LogP contribution in [-0.4, -0.2) is 32.0 Å². The number of rotatable bonds is 4. The number of anilines is 2. The normalized spacial score (nSPS) is 10.3. The zero-order chi connectivity index (χ0) is 14.7. The Balaban J connectivity index is 2.25. The van der Waals surface area contributed by atoms with Crippen molar-refractivity contribution in [2.75, 3.05) is 31.8 Å². The number of nitrogen functional groups attached to an aromatic ring is 1. The summed E-state index contributed by atoms with van der Waals surface area (Å²) < 4.78 is 5.26. The highest BCUT2D eigenvalue weighted by Gasteiger charge is 2.18. The summed E-state index contributed by atoms with van der Waals surface area (Å²) in [4.78, 5) is 16.1. The van der Waals surface area contributed by atoms with Crippen molar-refractivity contribution in [3.05, 3.63) is 47.9 Å². The van der Waals surface area contributed by atoms with E-state index in [2.05, 4.69) is 0 Å². The average molecular weight is 273 g/mol. The van der Waals surface area contributed by atoms with Crippen molar-refractivity contribution in [2.24, 2.45) is 0 Å². The molecule has 2 aromatic rings. The Bertz CT molecular complexity index is 591. The minimum atomic E-state index is -0.0857. The number of benzene rings is 1. The van der Waals surface area contributed by atoms with Crippen LogP contribution in [0.2, 0.25) is 0 Å². The van der Waals surface area contributed by atoms with Crippen LogP contribution in [0.15, 0.2) is 41.0 Å². The van der Waals surface area contributed by atoms with E-state index in [4.69, 9.17) is 10.2 Å². The third kappa shape index (κ3) is 2.93. The monoisotopic (exact) mass is 273 g/mol. The van der Waals surface area contributed by atoms with Crippen LogP contribution in [0, 0.1) is 0 Å². The molecule has 0 fully saturated rings. The molecule has 0 atom stereocenters. The van der Waals surface area contributed by atoms with Gasteiger partial charge in [-0.1, -0.05) is 0 Å². The highest BCUT2D eigenvalue weighted by Crippen LogP contribution is 2.23. The maximum atomic E-state index is 12.6. The number of carbonyl (C=O) groups excluding carboxylic acids is 1. The molecule has 106 valence electrons. The first-order valence-corrected chi connectivity index (χ1v) is 6.33. The smallest absolute Gasteiger partial charge is 0.256 e. The molecule has 2 N–H and O–H groups in total. The van der Waals surface area contributed by atoms with Crippen molar-refractivity contribution < 1.29 is 9.21 Å². The van der Waals surface area contributed by atoms with E-state index in [9.17, 15) is 4.79 Å². The van der Waals surface area contributed by atoms with Gasteiger partial charge in [0.1, 0.15) is 5.76 Å². The Hall–Kier alpha value is -2.43. The molecule has 1 heterocycles. The Morgan fingerprint density at radius 2 is 2.00 bits per heavy atom. The van der Waals surface area contributed by atoms with Gasteiger partial charge in [0.2, 0.25) is 0 Å². The molecule has 0 saturated heterocycles. The largest absolute Gasteiger partial charge is 0.467 e. The van der Waals surface area contributed by atoms with Crippen LogP contribution in [0.25, 0.3) is 0 Å². The number of carbonyl (C=O) groups is 1. The number of nitrogens with two attached hydrogens (primary N) is 1. The van der Waals surface area contributed by atoms with Gasteiger partial charge in [0, 0.05) is 32.5 Å². The minimum Gasteiger partial charge on any atom is -0.467 e. The molecule has 0 spiro atoms. The summed E-state index contributed by atoms with van der Waals surface area (Å²) in [6.45, 7) is 0.424. The van der Waals surface area contributed by atoms with Crippen LogP contribution in [-0.2, 0) is 6.54 Å². The Labute approximate surface area is 118 Å². The molecule has 20 heavy (non-hydrogen) atoms. The molecule has 2 rings (SSSR count). The summed E-state index contributed by atoms with van der Waals surface area (Å²) >= 11 is 0. The first kappa shape index (κ1) is 14.0. The second-order valence-electron chi connectivity index (χ2n) is 4.91. The lowest BCUT2D eigenvalue weighted by molar-refractivity contribution is 0.0776. The summed E-state index contributed by atoms with van der Waals surface area (Å²) in [5.41, 5.74) is 7.80. The predicted octanol–water partition coefficient (Wildman–Crippen LogP) is 2.20. The Morgan fingerprint density at radius 1 is 1.25 bits per heavy atom. The van der Waals surface area contributed by atoms with Crippen molar-refractivity contribution in [3.63, 3.8) is 0 Å². The van der Waals surface area contributed by atoms with E-state index in [1.165, 1.54) is 0 Å². The molecule has 1 aromatic carbocycles. The van der Waals surface area contributed by atoms with Crippen LogP contribution in [0.5, 0.6) is 0 Å². The number of furan rings is 1. The fourth-order valence-corrected chi connectivity index (χ4v) is 2.03. The van der Waals surface area contributed by atoms with Gasteiger partial charge in [-0.05, 0) is 30.3 Å². The highest BCUT2D eigenvalue weighted by atomic mass is 16.3. The van der Waals surface area contributed by atoms with E-state index < -0.39 is 0 Å². The topological polar surface area (TPSA) is 62.7 Å². The van der Waals surface area contributed by atoms with Crippen molar-refractivity contribution in [1.29, 1.82) is 0 Å². The van der Waals surface area contributed by atoms with Gasteiger partial charge in [0.15, 0.2) is 0 Å². The van der Waals surface area contributed by atoms with Gasteiger partial charge in [0.25, 0.3) is 5.91 Å². The molecule has 1 aromatic heterocycles. The van der Waals surface area contributed by atoms with Crippen molar-refractivity contribution in [1.82, 2.24) is 4.90 Å². The van der Waals surface area contributed by atoms with E-state index in [1.54, 1.807) is 36.4 Å². The standard InChI is InChI=1S/C15H19N3O2/c1-17(2)14-7-6-11(16)9-13(14)15(19)18(3)10-12-5-4-8-20-12/h4-9H,10,16H2,1-3H3. The van der Waals surface area contributed by atoms with Gasteiger partial charge in [-0.25, -0.2) is 0 Å². The van der Waals surface area contributed by atoms with Gasteiger partial charge >= 0.3 is 0 Å². The summed E-state index contributed by atoms with van der Waals surface area (Å²) in [6, 6.07) is 8.99. The van der Waals surface area contributed by atoms with Gasteiger partial charge < -0.3 is 20.0 Å². The summed E-state index contributed by atoms with van der Waals surface area (Å²) in [5.74, 6) is 0.661. The van der Waals surface area contributed by atoms with E-state index in [0.717, 1.165) is 11.4 Å². The highest BCUT2D eigenvalue weighted by molar-refractivity contribution is 6.00. The average Bonchev–Trinajstić information content (AvgIpc) is 2.90. The quantitative estimate of drug-likeness (QED) is 0.867. The number of nitrogens with zero attached hydrogens (tertiary/aromatic N) is 2. The van der Waals surface area contributed by atoms with Crippen LogP contribution in [0.4, 0.5) is 11.4 Å². The predicted molar refractivity (Wildman–Crippen MR) is 79.7 cm³/mol. The van der Waals surface area contributed by atoms with E-state index in [-0.39, 0.29) is 5.91 Å². The van der Waals surface area contributed by atoms with E-state index in [1.807, 2.05) is 31.1 Å². The summed E-state index contributed by atoms with van der Waals surface area (Å²) in [6.07, 6.45) is 1.60. The molecule has 0 aliphatic carbocycles. The molecule has 0 aliphatic heterocycles. The van der Waals surface area contributed by atoms with E-state index >= 15 is 0 Å². The molecule has 0 bridgehead atoms. The van der Waals surface area contributed by atoms with Crippen molar-refractivity contribution >= 4 is 17.3 Å². The lowest BCUT2D eigenvalue weighted by Crippen LogP contribution is -2.28. The first-order chi connectivity index (χ1) is 9.49. The molecule has 0 radical (unpaired) electrons. The number of amides is 1. The van der Waals surface area contributed by atoms with Crippen LogP contribution >= 0.6 is 0 Å². The zero-order valence-corrected chi connectivity index (χ0v) is 12.0. The second-order valence-corrected chi connectivity index (χ2v) is 4.91. The lowest BCUT2D eigenvalue weighted by Gasteiger charge is -2.21. The summed E-state index contributed by atoms with van der Waals surface area (Å²) in [5, 5.41) is 0. The lowest BCUT2D eigenvalue weighted by atomic mass is 10.1. The molecule has 0 aliphatic rings. The molecule has 5 heteroatoms. The molecule has 0 unspecified atom stereocenters. The van der Waals surface area contributed by atoms with Gasteiger partial charge in [-0.15, -0.1) is 0 Å². The van der Waals surface area contributed by atoms with E-state index in [0.29, 0.717) is 17.8 Å². The Kier molecular flexibility index (Phi) is 3.98. The minimum absolute atomic E-state index is 0.0857.